The standard InChI is InChI=1S/C8H11ClN2O/c1-5(2)4-7(8(10)12)11-6(3)9/h4H,3H2,1-2H3,(H2,10,12)/b11-7+. The monoisotopic (exact) mass is 186 g/mol. The van der Waals surface area contributed by atoms with Crippen LogP contribution in [0.3, 0.4) is 0 Å². The Labute approximate surface area is 76.6 Å². The molecule has 0 aromatic heterocycles. The quantitative estimate of drug-likeness (QED) is 0.528. The molecule has 66 valence electrons. The van der Waals surface area contributed by atoms with Gasteiger partial charge in [-0.3, -0.25) is 4.79 Å². The highest BCUT2D eigenvalue weighted by molar-refractivity contribution is 6.44. The van der Waals surface area contributed by atoms with Gasteiger partial charge in [0, 0.05) is 0 Å². The first-order valence-corrected chi connectivity index (χ1v) is 3.69. The second-order valence-corrected chi connectivity index (χ2v) is 2.90. The van der Waals surface area contributed by atoms with Crippen molar-refractivity contribution in [2.45, 2.75) is 13.8 Å². The number of primary amides is 1. The molecule has 0 aliphatic carbocycles. The van der Waals surface area contributed by atoms with E-state index in [1.807, 2.05) is 13.8 Å². The lowest BCUT2D eigenvalue weighted by Gasteiger charge is -1.95. The SMILES string of the molecule is C=C(Cl)/N=C(\C=C(C)C)C(N)=O. The van der Waals surface area contributed by atoms with Crippen LogP contribution in [0.4, 0.5) is 0 Å². The minimum absolute atomic E-state index is 0.0429. The Kier molecular flexibility index (Phi) is 4.29. The van der Waals surface area contributed by atoms with E-state index < -0.39 is 5.91 Å². The van der Waals surface area contributed by atoms with E-state index in [1.54, 1.807) is 6.08 Å². The maximum atomic E-state index is 10.7. The molecule has 0 aliphatic heterocycles. The molecule has 0 saturated carbocycles. The number of nitrogens with zero attached hydrogens (tertiary/aromatic N) is 1. The van der Waals surface area contributed by atoms with Crippen LogP contribution in [0, 0.1) is 0 Å². The van der Waals surface area contributed by atoms with Gasteiger partial charge < -0.3 is 5.73 Å². The van der Waals surface area contributed by atoms with E-state index in [2.05, 4.69) is 11.6 Å². The molecule has 3 nitrogen and oxygen atoms in total. The zero-order chi connectivity index (χ0) is 9.72. The van der Waals surface area contributed by atoms with Crippen molar-refractivity contribution in [3.05, 3.63) is 23.4 Å². The van der Waals surface area contributed by atoms with Gasteiger partial charge in [0.2, 0.25) is 0 Å². The lowest BCUT2D eigenvalue weighted by Crippen LogP contribution is -2.21. The summed E-state index contributed by atoms with van der Waals surface area (Å²) in [4.78, 5) is 14.4. The first kappa shape index (κ1) is 10.9. The maximum Gasteiger partial charge on any atom is 0.267 e. The molecule has 0 heterocycles. The van der Waals surface area contributed by atoms with Crippen LogP contribution in [0.25, 0.3) is 0 Å². The van der Waals surface area contributed by atoms with Crippen molar-refractivity contribution in [2.24, 2.45) is 10.7 Å². The lowest BCUT2D eigenvalue weighted by molar-refractivity contribution is -0.111. The first-order valence-electron chi connectivity index (χ1n) is 3.31. The molecule has 12 heavy (non-hydrogen) atoms. The summed E-state index contributed by atoms with van der Waals surface area (Å²) in [6.07, 6.45) is 1.55. The molecule has 1 amide bonds. The van der Waals surface area contributed by atoms with E-state index in [1.165, 1.54) is 0 Å². The van der Waals surface area contributed by atoms with E-state index in [0.717, 1.165) is 5.57 Å². The van der Waals surface area contributed by atoms with Gasteiger partial charge in [-0.05, 0) is 19.9 Å². The summed E-state index contributed by atoms with van der Waals surface area (Å²) in [5.41, 5.74) is 6.06. The Balaban J connectivity index is 4.81. The average molecular weight is 187 g/mol. The van der Waals surface area contributed by atoms with E-state index in [-0.39, 0.29) is 10.9 Å². The van der Waals surface area contributed by atoms with Crippen LogP contribution in [0.15, 0.2) is 28.4 Å². The molecule has 0 saturated heterocycles. The van der Waals surface area contributed by atoms with E-state index in [4.69, 9.17) is 17.3 Å². The molecule has 0 bridgehead atoms. The molecule has 0 aromatic carbocycles. The maximum absolute atomic E-state index is 10.7. The van der Waals surface area contributed by atoms with Crippen LogP contribution in [-0.4, -0.2) is 11.6 Å². The van der Waals surface area contributed by atoms with Crippen LogP contribution in [0.2, 0.25) is 0 Å². The molecule has 2 N–H and O–H groups in total. The summed E-state index contributed by atoms with van der Waals surface area (Å²) in [6.45, 7) is 6.98. The van der Waals surface area contributed by atoms with Gasteiger partial charge >= 0.3 is 0 Å². The molecule has 0 unspecified atom stereocenters. The molecular formula is C8H11ClN2O. The molecule has 0 rings (SSSR count). The lowest BCUT2D eigenvalue weighted by atomic mass is 10.2. The van der Waals surface area contributed by atoms with Crippen molar-refractivity contribution in [1.82, 2.24) is 0 Å². The Hall–Kier alpha value is -1.09. The third-order valence-electron chi connectivity index (χ3n) is 0.920. The predicted molar refractivity (Wildman–Crippen MR) is 51.1 cm³/mol. The number of amides is 1. The third kappa shape index (κ3) is 4.68. The number of aliphatic imine (C=N–C) groups is 1. The van der Waals surface area contributed by atoms with Crippen LogP contribution in [-0.2, 0) is 4.79 Å². The zero-order valence-electron chi connectivity index (χ0n) is 7.10. The Bertz CT molecular complexity index is 262. The van der Waals surface area contributed by atoms with Crippen molar-refractivity contribution in [3.63, 3.8) is 0 Å². The molecule has 4 heteroatoms. The molecular weight excluding hydrogens is 176 g/mol. The highest BCUT2D eigenvalue weighted by atomic mass is 35.5. The van der Waals surface area contributed by atoms with E-state index in [9.17, 15) is 4.79 Å². The fourth-order valence-corrected chi connectivity index (χ4v) is 0.654. The van der Waals surface area contributed by atoms with Gasteiger partial charge in [-0.2, -0.15) is 0 Å². The minimum Gasteiger partial charge on any atom is -0.364 e. The van der Waals surface area contributed by atoms with Gasteiger partial charge in [0.25, 0.3) is 5.91 Å². The number of hydrogen-bond donors (Lipinski definition) is 1. The smallest absolute Gasteiger partial charge is 0.267 e. The van der Waals surface area contributed by atoms with Gasteiger partial charge in [-0.25, -0.2) is 4.99 Å². The summed E-state index contributed by atoms with van der Waals surface area (Å²) < 4.78 is 0. The fourth-order valence-electron chi connectivity index (χ4n) is 0.563. The normalized spacial score (nSPS) is 10.8. The van der Waals surface area contributed by atoms with Gasteiger partial charge in [0.05, 0.1) is 0 Å². The summed E-state index contributed by atoms with van der Waals surface area (Å²) in [6, 6.07) is 0. The van der Waals surface area contributed by atoms with Crippen LogP contribution in [0.1, 0.15) is 13.8 Å². The van der Waals surface area contributed by atoms with Gasteiger partial charge in [0.15, 0.2) is 0 Å². The number of hydrogen-bond acceptors (Lipinski definition) is 2. The van der Waals surface area contributed by atoms with Crippen molar-refractivity contribution < 1.29 is 4.79 Å². The summed E-state index contributed by atoms with van der Waals surface area (Å²) in [5.74, 6) is -0.613. The number of carbonyl (C=O) groups is 1. The number of halogens is 1. The molecule has 0 fully saturated rings. The highest BCUT2D eigenvalue weighted by Crippen LogP contribution is 2.01. The number of allylic oxidation sites excluding steroid dienone is 1. The third-order valence-corrected chi connectivity index (χ3v) is 1.00. The van der Waals surface area contributed by atoms with Crippen LogP contribution in [0.5, 0.6) is 0 Å². The number of carbonyl (C=O) groups excluding carboxylic acids is 1. The topological polar surface area (TPSA) is 55.4 Å². The summed E-state index contributed by atoms with van der Waals surface area (Å²) in [5, 5.41) is 0.0429. The van der Waals surface area contributed by atoms with Crippen LogP contribution >= 0.6 is 11.6 Å². The van der Waals surface area contributed by atoms with Crippen molar-refractivity contribution in [3.8, 4) is 0 Å². The van der Waals surface area contributed by atoms with Gasteiger partial charge in [-0.15, -0.1) is 0 Å². The van der Waals surface area contributed by atoms with Crippen molar-refractivity contribution in [2.75, 3.05) is 0 Å². The van der Waals surface area contributed by atoms with E-state index >= 15 is 0 Å². The van der Waals surface area contributed by atoms with Crippen molar-refractivity contribution >= 4 is 23.2 Å². The largest absolute Gasteiger partial charge is 0.364 e. The van der Waals surface area contributed by atoms with E-state index in [0.29, 0.717) is 0 Å². The zero-order valence-corrected chi connectivity index (χ0v) is 7.85. The number of rotatable bonds is 3. The molecule has 0 atom stereocenters. The second kappa shape index (κ2) is 4.72. The average Bonchev–Trinajstić information content (AvgIpc) is 1.83. The second-order valence-electron chi connectivity index (χ2n) is 2.46. The molecule has 0 aromatic rings. The highest BCUT2D eigenvalue weighted by Gasteiger charge is 2.02. The minimum atomic E-state index is -0.613. The van der Waals surface area contributed by atoms with Crippen molar-refractivity contribution in [1.29, 1.82) is 0 Å². The van der Waals surface area contributed by atoms with Crippen LogP contribution < -0.4 is 5.73 Å². The fraction of sp³-hybridized carbons (Fsp3) is 0.250. The molecule has 0 aliphatic rings. The van der Waals surface area contributed by atoms with Gasteiger partial charge in [-0.1, -0.05) is 23.8 Å². The summed E-state index contributed by atoms with van der Waals surface area (Å²) >= 11 is 5.38. The van der Waals surface area contributed by atoms with Gasteiger partial charge in [0.1, 0.15) is 10.9 Å². The Morgan fingerprint density at radius 1 is 1.58 bits per heavy atom. The Morgan fingerprint density at radius 3 is 2.33 bits per heavy atom. The first-order chi connectivity index (χ1) is 5.43. The number of nitrogens with two attached hydrogens (primary N) is 1. The summed E-state index contributed by atoms with van der Waals surface area (Å²) in [7, 11) is 0. The Morgan fingerprint density at radius 2 is 2.08 bits per heavy atom. The predicted octanol–water partition coefficient (Wildman–Crippen LogP) is 1.59. The molecule has 0 radical (unpaired) electrons. The molecule has 0 spiro atoms.